The third kappa shape index (κ3) is 2.10. The van der Waals surface area contributed by atoms with E-state index in [0.717, 1.165) is 17.4 Å². The van der Waals surface area contributed by atoms with Gasteiger partial charge < -0.3 is 0 Å². The minimum Gasteiger partial charge on any atom is -0.299 e. The zero-order valence-electron chi connectivity index (χ0n) is 6.53. The van der Waals surface area contributed by atoms with Gasteiger partial charge in [-0.3, -0.25) is 4.79 Å². The topological polar surface area (TPSA) is 17.1 Å². The molecule has 1 aromatic rings. The van der Waals surface area contributed by atoms with Crippen molar-refractivity contribution in [2.45, 2.75) is 0 Å². The highest BCUT2D eigenvalue weighted by atomic mass is 16.1. The van der Waals surface area contributed by atoms with Crippen LogP contribution >= 0.6 is 0 Å². The predicted molar refractivity (Wildman–Crippen MR) is 49.5 cm³/mol. The monoisotopic (exact) mass is 156 g/mol. The molecule has 0 fully saturated rings. The van der Waals surface area contributed by atoms with Crippen LogP contribution in [-0.2, 0) is 4.79 Å². The van der Waals surface area contributed by atoms with Gasteiger partial charge >= 0.3 is 0 Å². The molecule has 0 bridgehead atoms. The van der Waals surface area contributed by atoms with Gasteiger partial charge in [0.2, 0.25) is 0 Å². The van der Waals surface area contributed by atoms with Gasteiger partial charge in [0.05, 0.1) is 0 Å². The fraction of sp³-hybridized carbons (Fsp3) is 0. The van der Waals surface area contributed by atoms with Crippen LogP contribution < -0.4 is 0 Å². The second-order valence-electron chi connectivity index (χ2n) is 2.26. The van der Waals surface area contributed by atoms with Crippen LogP contribution in [-0.4, -0.2) is 6.29 Å². The van der Waals surface area contributed by atoms with Crippen molar-refractivity contribution in [3.63, 3.8) is 0 Å². The second kappa shape index (κ2) is 4.15. The zero-order chi connectivity index (χ0) is 8.81. The molecule has 0 saturated heterocycles. The Kier molecular flexibility index (Phi) is 2.87. The molecular formula is C11H8O. The minimum absolute atomic E-state index is 0.745. The van der Waals surface area contributed by atoms with Crippen LogP contribution in [0.4, 0.5) is 0 Å². The largest absolute Gasteiger partial charge is 0.299 e. The van der Waals surface area contributed by atoms with Crippen LogP contribution in [0.1, 0.15) is 11.1 Å². The molecule has 0 aliphatic heterocycles. The molecule has 0 atom stereocenters. The normalized spacial score (nSPS) is 9.58. The second-order valence-corrected chi connectivity index (χ2v) is 2.26. The van der Waals surface area contributed by atoms with E-state index in [2.05, 4.69) is 5.92 Å². The third-order valence-electron chi connectivity index (χ3n) is 1.44. The number of carbonyl (C=O) groups excluding carboxylic acids is 1. The lowest BCUT2D eigenvalue weighted by molar-refractivity contribution is -0.104. The molecule has 0 saturated carbocycles. The quantitative estimate of drug-likeness (QED) is 0.363. The molecule has 0 radical (unpaired) electrons. The van der Waals surface area contributed by atoms with Crippen molar-refractivity contribution in [3.05, 3.63) is 41.5 Å². The van der Waals surface area contributed by atoms with Crippen LogP contribution in [0.2, 0.25) is 0 Å². The first kappa shape index (κ1) is 8.29. The number of terminal acetylenes is 1. The maximum absolute atomic E-state index is 9.98. The van der Waals surface area contributed by atoms with Gasteiger partial charge in [-0.25, -0.2) is 0 Å². The van der Waals surface area contributed by atoms with Gasteiger partial charge in [-0.15, -0.1) is 6.42 Å². The zero-order valence-corrected chi connectivity index (χ0v) is 6.53. The first-order valence-electron chi connectivity index (χ1n) is 3.55. The van der Waals surface area contributed by atoms with E-state index in [1.54, 1.807) is 6.08 Å². The highest BCUT2D eigenvalue weighted by Crippen LogP contribution is 2.04. The van der Waals surface area contributed by atoms with E-state index in [0.29, 0.717) is 0 Å². The number of carbonyl (C=O) groups is 1. The molecule has 0 amide bonds. The van der Waals surface area contributed by atoms with Crippen LogP contribution in [0.3, 0.4) is 0 Å². The van der Waals surface area contributed by atoms with Crippen molar-refractivity contribution < 1.29 is 4.79 Å². The number of allylic oxidation sites excluding steroid dienone is 1. The average molecular weight is 156 g/mol. The Morgan fingerprint density at radius 2 is 1.92 bits per heavy atom. The van der Waals surface area contributed by atoms with E-state index < -0.39 is 0 Å². The molecular weight excluding hydrogens is 148 g/mol. The van der Waals surface area contributed by atoms with Gasteiger partial charge in [0.25, 0.3) is 0 Å². The molecule has 0 aromatic heterocycles. The summed E-state index contributed by atoms with van der Waals surface area (Å²) < 4.78 is 0. The number of rotatable bonds is 2. The van der Waals surface area contributed by atoms with E-state index in [4.69, 9.17) is 6.42 Å². The highest BCUT2D eigenvalue weighted by Gasteiger charge is 1.86. The maximum Gasteiger partial charge on any atom is 0.142 e. The number of benzene rings is 1. The van der Waals surface area contributed by atoms with Crippen LogP contribution in [0.5, 0.6) is 0 Å². The highest BCUT2D eigenvalue weighted by molar-refractivity contribution is 5.73. The summed E-state index contributed by atoms with van der Waals surface area (Å²) in [5, 5.41) is 0. The van der Waals surface area contributed by atoms with Crippen molar-refractivity contribution in [1.29, 1.82) is 0 Å². The molecule has 0 heterocycles. The van der Waals surface area contributed by atoms with Gasteiger partial charge in [0.15, 0.2) is 0 Å². The van der Waals surface area contributed by atoms with Gasteiger partial charge in [0.1, 0.15) is 6.29 Å². The van der Waals surface area contributed by atoms with Crippen molar-refractivity contribution in [2.75, 3.05) is 0 Å². The lowest BCUT2D eigenvalue weighted by Gasteiger charge is -1.91. The summed E-state index contributed by atoms with van der Waals surface area (Å²) in [5.41, 5.74) is 1.82. The molecule has 1 aromatic carbocycles. The molecule has 12 heavy (non-hydrogen) atoms. The van der Waals surface area contributed by atoms with Gasteiger partial charge in [-0.05, 0) is 23.8 Å². The number of hydrogen-bond donors (Lipinski definition) is 0. The van der Waals surface area contributed by atoms with Crippen molar-refractivity contribution in [2.24, 2.45) is 0 Å². The molecule has 1 nitrogen and oxygen atoms in total. The summed E-state index contributed by atoms with van der Waals surface area (Å²) in [5.74, 6) is 2.52. The first-order valence-corrected chi connectivity index (χ1v) is 3.55. The Hall–Kier alpha value is -1.81. The SMILES string of the molecule is C#Cc1ccc(C=CC=O)cc1. The molecule has 0 aliphatic rings. The molecule has 0 spiro atoms. The fourth-order valence-corrected chi connectivity index (χ4v) is 0.841. The summed E-state index contributed by atoms with van der Waals surface area (Å²) in [4.78, 5) is 9.98. The summed E-state index contributed by atoms with van der Waals surface area (Å²) >= 11 is 0. The Morgan fingerprint density at radius 1 is 1.25 bits per heavy atom. The first-order chi connectivity index (χ1) is 5.86. The van der Waals surface area contributed by atoms with E-state index in [9.17, 15) is 4.79 Å². The van der Waals surface area contributed by atoms with Crippen molar-refractivity contribution >= 4 is 12.4 Å². The number of hydrogen-bond acceptors (Lipinski definition) is 1. The summed E-state index contributed by atoms with van der Waals surface area (Å²) in [7, 11) is 0. The van der Waals surface area contributed by atoms with Crippen LogP contribution in [0.15, 0.2) is 30.3 Å². The lowest BCUT2D eigenvalue weighted by Crippen LogP contribution is -1.74. The molecule has 0 N–H and O–H groups in total. The minimum atomic E-state index is 0.745. The molecule has 0 unspecified atom stereocenters. The average Bonchev–Trinajstić information content (AvgIpc) is 2.15. The van der Waals surface area contributed by atoms with Gasteiger partial charge in [0, 0.05) is 5.56 Å². The van der Waals surface area contributed by atoms with Crippen LogP contribution in [0, 0.1) is 12.3 Å². The van der Waals surface area contributed by atoms with E-state index in [-0.39, 0.29) is 0 Å². The van der Waals surface area contributed by atoms with E-state index in [1.807, 2.05) is 24.3 Å². The lowest BCUT2D eigenvalue weighted by atomic mass is 10.1. The van der Waals surface area contributed by atoms with Crippen molar-refractivity contribution in [1.82, 2.24) is 0 Å². The van der Waals surface area contributed by atoms with E-state index in [1.165, 1.54) is 6.08 Å². The molecule has 1 rings (SSSR count). The molecule has 1 heteroatoms. The third-order valence-corrected chi connectivity index (χ3v) is 1.44. The molecule has 0 aliphatic carbocycles. The van der Waals surface area contributed by atoms with E-state index >= 15 is 0 Å². The van der Waals surface area contributed by atoms with Crippen LogP contribution in [0.25, 0.3) is 6.08 Å². The number of aldehydes is 1. The summed E-state index contributed by atoms with van der Waals surface area (Å²) in [6.45, 7) is 0. The fourth-order valence-electron chi connectivity index (χ4n) is 0.841. The Labute approximate surface area is 71.7 Å². The Morgan fingerprint density at radius 3 is 2.42 bits per heavy atom. The Balaban J connectivity index is 2.86. The van der Waals surface area contributed by atoms with Crippen molar-refractivity contribution in [3.8, 4) is 12.3 Å². The Bertz CT molecular complexity index is 325. The predicted octanol–water partition coefficient (Wildman–Crippen LogP) is 1.88. The molecule has 58 valence electrons. The standard InChI is InChI=1S/C11H8O/c1-2-10-5-7-11(8-6-10)4-3-9-12/h1,3-9H. The summed E-state index contributed by atoms with van der Waals surface area (Å²) in [6, 6.07) is 7.42. The van der Waals surface area contributed by atoms with Gasteiger partial charge in [-0.1, -0.05) is 24.1 Å². The summed E-state index contributed by atoms with van der Waals surface area (Å²) in [6.07, 6.45) is 9.10. The van der Waals surface area contributed by atoms with Gasteiger partial charge in [-0.2, -0.15) is 0 Å². The smallest absolute Gasteiger partial charge is 0.142 e. The maximum atomic E-state index is 9.98.